The highest BCUT2D eigenvalue weighted by Gasteiger charge is 2.00. The zero-order valence-electron chi connectivity index (χ0n) is 8.84. The molecule has 1 aromatic carbocycles. The maximum Gasteiger partial charge on any atom is 0.127 e. The summed E-state index contributed by atoms with van der Waals surface area (Å²) in [5, 5.41) is 0. The molecule has 3 heteroatoms. The minimum atomic E-state index is -0.0521. The van der Waals surface area contributed by atoms with Crippen LogP contribution in [0.2, 0.25) is 0 Å². The van der Waals surface area contributed by atoms with Crippen LogP contribution >= 0.6 is 0 Å². The molecule has 0 spiro atoms. The summed E-state index contributed by atoms with van der Waals surface area (Å²) in [5.74, 6) is 1.52. The van der Waals surface area contributed by atoms with Crippen molar-refractivity contribution in [2.75, 3.05) is 5.73 Å². The van der Waals surface area contributed by atoms with Crippen molar-refractivity contribution >= 4 is 5.69 Å². The Labute approximate surface area is 94.7 Å². The molecular formula is C13H14N2O. The van der Waals surface area contributed by atoms with E-state index in [1.807, 2.05) is 42.5 Å². The van der Waals surface area contributed by atoms with E-state index in [-0.39, 0.29) is 6.04 Å². The zero-order valence-corrected chi connectivity index (χ0v) is 8.84. The summed E-state index contributed by atoms with van der Waals surface area (Å²) in [6, 6.07) is 7.22. The van der Waals surface area contributed by atoms with Crippen molar-refractivity contribution in [1.29, 1.82) is 0 Å². The van der Waals surface area contributed by atoms with E-state index >= 15 is 0 Å². The lowest BCUT2D eigenvalue weighted by atomic mass is 10.3. The van der Waals surface area contributed by atoms with Crippen molar-refractivity contribution in [3.63, 3.8) is 0 Å². The Morgan fingerprint density at radius 2 is 1.81 bits per heavy atom. The van der Waals surface area contributed by atoms with Crippen LogP contribution in [-0.4, -0.2) is 6.04 Å². The van der Waals surface area contributed by atoms with Gasteiger partial charge in [0, 0.05) is 11.7 Å². The largest absolute Gasteiger partial charge is 0.457 e. The molecule has 2 rings (SSSR count). The molecule has 0 heterocycles. The second-order valence-corrected chi connectivity index (χ2v) is 3.56. The van der Waals surface area contributed by atoms with Crippen molar-refractivity contribution in [3.8, 4) is 5.75 Å². The highest BCUT2D eigenvalue weighted by Crippen LogP contribution is 2.17. The van der Waals surface area contributed by atoms with Gasteiger partial charge in [-0.2, -0.15) is 0 Å². The predicted octanol–water partition coefficient (Wildman–Crippen LogP) is 1.98. The topological polar surface area (TPSA) is 61.3 Å². The molecule has 0 amide bonds. The van der Waals surface area contributed by atoms with E-state index in [1.165, 1.54) is 0 Å². The SMILES string of the molecule is Nc1ccc(OC2=CC=CC(N)C=C2)cc1. The van der Waals surface area contributed by atoms with E-state index in [4.69, 9.17) is 16.2 Å². The summed E-state index contributed by atoms with van der Waals surface area (Å²) in [6.07, 6.45) is 9.40. The van der Waals surface area contributed by atoms with Crippen LogP contribution in [-0.2, 0) is 0 Å². The quantitative estimate of drug-likeness (QED) is 0.740. The maximum absolute atomic E-state index is 5.73. The van der Waals surface area contributed by atoms with Gasteiger partial charge in [0.05, 0.1) is 0 Å². The third-order valence-electron chi connectivity index (χ3n) is 2.19. The van der Waals surface area contributed by atoms with Gasteiger partial charge in [0.1, 0.15) is 11.5 Å². The van der Waals surface area contributed by atoms with Gasteiger partial charge in [-0.15, -0.1) is 0 Å². The second kappa shape index (κ2) is 4.68. The number of rotatable bonds is 2. The number of benzene rings is 1. The molecule has 1 aliphatic carbocycles. The van der Waals surface area contributed by atoms with E-state index in [1.54, 1.807) is 12.1 Å². The van der Waals surface area contributed by atoms with E-state index < -0.39 is 0 Å². The van der Waals surface area contributed by atoms with Crippen LogP contribution in [0.15, 0.2) is 60.4 Å². The highest BCUT2D eigenvalue weighted by molar-refractivity contribution is 5.42. The van der Waals surface area contributed by atoms with Crippen LogP contribution in [0.3, 0.4) is 0 Å². The predicted molar refractivity (Wildman–Crippen MR) is 65.8 cm³/mol. The van der Waals surface area contributed by atoms with Gasteiger partial charge in [-0.25, -0.2) is 0 Å². The van der Waals surface area contributed by atoms with E-state index in [2.05, 4.69) is 0 Å². The first-order valence-corrected chi connectivity index (χ1v) is 5.10. The average molecular weight is 214 g/mol. The summed E-state index contributed by atoms with van der Waals surface area (Å²) in [4.78, 5) is 0. The molecule has 0 aliphatic heterocycles. The third-order valence-corrected chi connectivity index (χ3v) is 2.19. The first-order valence-electron chi connectivity index (χ1n) is 5.10. The molecule has 1 atom stereocenters. The van der Waals surface area contributed by atoms with Crippen LogP contribution in [0.4, 0.5) is 5.69 Å². The number of hydrogen-bond acceptors (Lipinski definition) is 3. The lowest BCUT2D eigenvalue weighted by Gasteiger charge is -2.05. The minimum Gasteiger partial charge on any atom is -0.457 e. The Balaban J connectivity index is 2.10. The molecule has 0 radical (unpaired) electrons. The zero-order chi connectivity index (χ0) is 11.4. The summed E-state index contributed by atoms with van der Waals surface area (Å²) in [6.45, 7) is 0. The molecule has 1 aliphatic rings. The molecule has 0 fully saturated rings. The van der Waals surface area contributed by atoms with Crippen LogP contribution in [0, 0.1) is 0 Å². The molecule has 0 aromatic heterocycles. The third kappa shape index (κ3) is 2.74. The van der Waals surface area contributed by atoms with Crippen molar-refractivity contribution in [2.24, 2.45) is 5.73 Å². The minimum absolute atomic E-state index is 0.0521. The Hall–Kier alpha value is -2.00. The van der Waals surface area contributed by atoms with Crippen molar-refractivity contribution in [1.82, 2.24) is 0 Å². The molecule has 0 saturated heterocycles. The monoisotopic (exact) mass is 214 g/mol. The lowest BCUT2D eigenvalue weighted by molar-refractivity contribution is 0.444. The number of anilines is 1. The lowest BCUT2D eigenvalue weighted by Crippen LogP contribution is -2.12. The fraction of sp³-hybridized carbons (Fsp3) is 0.0769. The van der Waals surface area contributed by atoms with Crippen LogP contribution in [0.25, 0.3) is 0 Å². The number of ether oxygens (including phenoxy) is 1. The molecule has 1 aromatic rings. The Morgan fingerprint density at radius 1 is 1.06 bits per heavy atom. The smallest absolute Gasteiger partial charge is 0.127 e. The van der Waals surface area contributed by atoms with Gasteiger partial charge < -0.3 is 16.2 Å². The van der Waals surface area contributed by atoms with Gasteiger partial charge in [0.25, 0.3) is 0 Å². The number of allylic oxidation sites excluding steroid dienone is 3. The Morgan fingerprint density at radius 3 is 2.56 bits per heavy atom. The summed E-state index contributed by atoms with van der Waals surface area (Å²) in [7, 11) is 0. The Bertz CT molecular complexity index is 444. The maximum atomic E-state index is 5.73. The van der Waals surface area contributed by atoms with E-state index in [0.717, 1.165) is 17.2 Å². The summed E-state index contributed by atoms with van der Waals surface area (Å²) >= 11 is 0. The first-order chi connectivity index (χ1) is 7.74. The van der Waals surface area contributed by atoms with Gasteiger partial charge in [0.15, 0.2) is 0 Å². The molecule has 1 unspecified atom stereocenters. The van der Waals surface area contributed by atoms with Crippen LogP contribution < -0.4 is 16.2 Å². The number of hydrogen-bond donors (Lipinski definition) is 2. The van der Waals surface area contributed by atoms with E-state index in [0.29, 0.717) is 0 Å². The molecule has 0 saturated carbocycles. The molecule has 16 heavy (non-hydrogen) atoms. The molecule has 3 nitrogen and oxygen atoms in total. The van der Waals surface area contributed by atoms with Gasteiger partial charge in [-0.3, -0.25) is 0 Å². The summed E-state index contributed by atoms with van der Waals surface area (Å²) < 4.78 is 5.65. The fourth-order valence-electron chi connectivity index (χ4n) is 1.34. The van der Waals surface area contributed by atoms with Crippen molar-refractivity contribution in [2.45, 2.75) is 6.04 Å². The first kappa shape index (κ1) is 10.5. The van der Waals surface area contributed by atoms with E-state index in [9.17, 15) is 0 Å². The standard InChI is InChI=1S/C13H14N2O/c14-10-2-1-3-12(7-4-10)16-13-8-5-11(15)6-9-13/h1-10H,14-15H2. The van der Waals surface area contributed by atoms with Crippen molar-refractivity contribution in [3.05, 3.63) is 60.4 Å². The van der Waals surface area contributed by atoms with Gasteiger partial charge in [0.2, 0.25) is 0 Å². The number of nitrogen functional groups attached to an aromatic ring is 1. The molecule has 4 N–H and O–H groups in total. The fourth-order valence-corrected chi connectivity index (χ4v) is 1.34. The van der Waals surface area contributed by atoms with Gasteiger partial charge in [-0.05, 0) is 36.4 Å². The summed E-state index contributed by atoms with van der Waals surface area (Å²) in [5.41, 5.74) is 12.0. The molecular weight excluding hydrogens is 200 g/mol. The van der Waals surface area contributed by atoms with Gasteiger partial charge >= 0.3 is 0 Å². The normalized spacial score (nSPS) is 19.1. The second-order valence-electron chi connectivity index (χ2n) is 3.56. The average Bonchev–Trinajstić information content (AvgIpc) is 2.47. The number of nitrogens with two attached hydrogens (primary N) is 2. The highest BCUT2D eigenvalue weighted by atomic mass is 16.5. The molecule has 0 bridgehead atoms. The van der Waals surface area contributed by atoms with Crippen LogP contribution in [0.5, 0.6) is 5.75 Å². The molecule has 82 valence electrons. The van der Waals surface area contributed by atoms with Crippen molar-refractivity contribution < 1.29 is 4.74 Å². The van der Waals surface area contributed by atoms with Crippen LogP contribution in [0.1, 0.15) is 0 Å². The Kier molecular flexibility index (Phi) is 3.08. The van der Waals surface area contributed by atoms with Gasteiger partial charge in [-0.1, -0.05) is 18.2 Å².